The SMILES string of the molecule is C=C[C@@H]1C[C@]1(NC(=O)[C@@H]1C[C@@H](Oc2ncc(OC(F)F)c3ccc(Cl)cc23)CN1C(=O)[C@@H](NC(=O)OC(C)(C)C)C(C)(C)C)C(=O)NS(=O)(=O)C1CC1. The third-order valence-electron chi connectivity index (χ3n) is 9.14. The van der Waals surface area contributed by atoms with Gasteiger partial charge in [0.05, 0.1) is 18.0 Å². The molecule has 2 heterocycles. The van der Waals surface area contributed by atoms with Crippen LogP contribution in [0.2, 0.25) is 5.02 Å². The van der Waals surface area contributed by atoms with Crippen molar-refractivity contribution in [2.75, 3.05) is 6.54 Å². The lowest BCUT2D eigenvalue weighted by Crippen LogP contribution is -2.60. The van der Waals surface area contributed by atoms with Gasteiger partial charge in [-0.15, -0.1) is 6.58 Å². The zero-order valence-corrected chi connectivity index (χ0v) is 31.8. The maximum Gasteiger partial charge on any atom is 0.408 e. The molecule has 1 aromatic carbocycles. The number of benzene rings is 1. The lowest BCUT2D eigenvalue weighted by Gasteiger charge is -2.36. The summed E-state index contributed by atoms with van der Waals surface area (Å²) in [5.74, 6) is -3.22. The number of alkyl carbamates (subject to hydrolysis) is 1. The van der Waals surface area contributed by atoms with Crippen molar-refractivity contribution < 1.29 is 50.6 Å². The van der Waals surface area contributed by atoms with E-state index in [9.17, 15) is 36.4 Å². The first-order valence-corrected chi connectivity index (χ1v) is 19.0. The molecule has 1 saturated heterocycles. The normalized spacial score (nSPS) is 23.6. The number of pyridine rings is 1. The van der Waals surface area contributed by atoms with Gasteiger partial charge in [0, 0.05) is 28.1 Å². The van der Waals surface area contributed by atoms with Crippen LogP contribution in [-0.2, 0) is 29.1 Å². The van der Waals surface area contributed by atoms with Gasteiger partial charge in [-0.05, 0) is 63.6 Å². The molecule has 5 rings (SSSR count). The molecule has 290 valence electrons. The van der Waals surface area contributed by atoms with E-state index >= 15 is 0 Å². The summed E-state index contributed by atoms with van der Waals surface area (Å²) in [7, 11) is -3.96. The average molecular weight is 784 g/mol. The van der Waals surface area contributed by atoms with Crippen molar-refractivity contribution in [1.82, 2.24) is 25.2 Å². The Morgan fingerprint density at radius 3 is 2.36 bits per heavy atom. The van der Waals surface area contributed by atoms with Gasteiger partial charge in [-0.25, -0.2) is 18.2 Å². The molecule has 3 N–H and O–H groups in total. The highest BCUT2D eigenvalue weighted by molar-refractivity contribution is 7.91. The van der Waals surface area contributed by atoms with Crippen molar-refractivity contribution in [2.24, 2.45) is 11.3 Å². The van der Waals surface area contributed by atoms with Crippen LogP contribution >= 0.6 is 11.6 Å². The Morgan fingerprint density at radius 2 is 1.79 bits per heavy atom. The Labute approximate surface area is 311 Å². The minimum absolute atomic E-state index is 0.0446. The number of likely N-dealkylation sites (tertiary alicyclic amines) is 1. The van der Waals surface area contributed by atoms with Crippen LogP contribution in [0.15, 0.2) is 37.1 Å². The number of hydrogen-bond donors (Lipinski definition) is 3. The maximum atomic E-state index is 14.4. The number of hydrogen-bond acceptors (Lipinski definition) is 10. The summed E-state index contributed by atoms with van der Waals surface area (Å²) in [6.45, 7) is 10.5. The van der Waals surface area contributed by atoms with E-state index in [0.29, 0.717) is 12.8 Å². The van der Waals surface area contributed by atoms with Crippen LogP contribution in [0.5, 0.6) is 11.6 Å². The Morgan fingerprint density at radius 1 is 1.11 bits per heavy atom. The molecule has 2 aliphatic carbocycles. The van der Waals surface area contributed by atoms with E-state index in [1.807, 2.05) is 0 Å². The number of nitrogens with one attached hydrogen (secondary N) is 3. The first-order valence-electron chi connectivity index (χ1n) is 17.0. The number of aromatic nitrogens is 1. The molecule has 5 atom stereocenters. The lowest BCUT2D eigenvalue weighted by molar-refractivity contribution is -0.143. The van der Waals surface area contributed by atoms with E-state index in [-0.39, 0.29) is 46.8 Å². The number of alkyl halides is 2. The van der Waals surface area contributed by atoms with Crippen LogP contribution < -0.4 is 24.8 Å². The second-order valence-electron chi connectivity index (χ2n) is 15.6. The molecule has 2 saturated carbocycles. The van der Waals surface area contributed by atoms with E-state index in [2.05, 4.69) is 31.7 Å². The molecule has 0 spiro atoms. The van der Waals surface area contributed by atoms with Gasteiger partial charge in [-0.3, -0.25) is 19.1 Å². The van der Waals surface area contributed by atoms with Crippen LogP contribution in [0, 0.1) is 11.3 Å². The number of sulfonamides is 1. The van der Waals surface area contributed by atoms with E-state index in [1.165, 1.54) is 29.2 Å². The molecule has 0 unspecified atom stereocenters. The van der Waals surface area contributed by atoms with Gasteiger partial charge >= 0.3 is 12.7 Å². The summed E-state index contributed by atoms with van der Waals surface area (Å²) in [6, 6.07) is 1.88. The molecule has 4 amide bonds. The summed E-state index contributed by atoms with van der Waals surface area (Å²) >= 11 is 6.23. The van der Waals surface area contributed by atoms with Crippen LogP contribution in [0.3, 0.4) is 0 Å². The number of ether oxygens (including phenoxy) is 3. The maximum absolute atomic E-state index is 14.4. The standard InChI is InChI=1S/C35H44ClF2N5O9S/c1-8-18-15-35(18,30(46)42-53(48,49)21-10-11-21)41-27(44)24-14-20(17-43(24)29(45)26(33(2,3)4)40-32(47)52-34(5,6)7)50-28-23-13-19(36)9-12-22(23)25(16-39-28)51-31(37)38/h8-9,12-13,16,18,20-21,24,26,31H,1,10-11,14-15,17H2,2-7H3,(H,40,47)(H,41,44)(H,42,46)/t18-,20-,24+,26-,35-/m1/s1. The van der Waals surface area contributed by atoms with Crippen molar-refractivity contribution in [3.8, 4) is 11.6 Å². The first-order chi connectivity index (χ1) is 24.5. The minimum atomic E-state index is -3.96. The van der Waals surface area contributed by atoms with Crippen molar-refractivity contribution in [1.29, 1.82) is 0 Å². The Bertz CT molecular complexity index is 1920. The predicted molar refractivity (Wildman–Crippen MR) is 190 cm³/mol. The van der Waals surface area contributed by atoms with Crippen LogP contribution in [0.4, 0.5) is 13.6 Å². The summed E-state index contributed by atoms with van der Waals surface area (Å²) < 4.78 is 70.0. The number of halogens is 3. The average Bonchev–Trinajstić information content (AvgIpc) is 3.96. The van der Waals surface area contributed by atoms with Crippen molar-refractivity contribution in [3.05, 3.63) is 42.1 Å². The molecule has 18 heteroatoms. The molecular formula is C35H44ClF2N5O9S. The molecular weight excluding hydrogens is 740 g/mol. The Balaban J connectivity index is 1.47. The number of amides is 4. The zero-order chi connectivity index (χ0) is 39.3. The topological polar surface area (TPSA) is 182 Å². The number of carbonyl (C=O) groups excluding carboxylic acids is 4. The highest BCUT2D eigenvalue weighted by atomic mass is 35.5. The first kappa shape index (κ1) is 39.9. The molecule has 0 radical (unpaired) electrons. The summed E-state index contributed by atoms with van der Waals surface area (Å²) in [6.07, 6.45) is 1.47. The summed E-state index contributed by atoms with van der Waals surface area (Å²) in [5, 5.41) is 5.33. The van der Waals surface area contributed by atoms with Gasteiger partial charge < -0.3 is 29.7 Å². The second-order valence-corrected chi connectivity index (χ2v) is 18.0. The van der Waals surface area contributed by atoms with Crippen molar-refractivity contribution in [2.45, 2.75) is 108 Å². The molecule has 1 aromatic heterocycles. The van der Waals surface area contributed by atoms with Crippen LogP contribution in [0.25, 0.3) is 10.8 Å². The number of rotatable bonds is 12. The molecule has 14 nitrogen and oxygen atoms in total. The molecule has 1 aliphatic heterocycles. The largest absolute Gasteiger partial charge is 0.472 e. The molecule has 2 aromatic rings. The number of nitrogens with zero attached hydrogens (tertiary/aromatic N) is 2. The fourth-order valence-electron chi connectivity index (χ4n) is 6.24. The fourth-order valence-corrected chi connectivity index (χ4v) is 7.78. The monoisotopic (exact) mass is 783 g/mol. The smallest absolute Gasteiger partial charge is 0.408 e. The van der Waals surface area contributed by atoms with E-state index < -0.39 is 86.4 Å². The molecule has 3 aliphatic rings. The Hall–Kier alpha value is -4.25. The van der Waals surface area contributed by atoms with E-state index in [1.54, 1.807) is 41.5 Å². The molecule has 3 fully saturated rings. The quantitative estimate of drug-likeness (QED) is 0.260. The van der Waals surface area contributed by atoms with Crippen LogP contribution in [0.1, 0.15) is 67.2 Å². The van der Waals surface area contributed by atoms with Gasteiger partial charge in [-0.2, -0.15) is 8.78 Å². The van der Waals surface area contributed by atoms with Crippen molar-refractivity contribution in [3.63, 3.8) is 0 Å². The van der Waals surface area contributed by atoms with Gasteiger partial charge in [-0.1, -0.05) is 38.4 Å². The van der Waals surface area contributed by atoms with Crippen LogP contribution in [-0.4, -0.2) is 89.9 Å². The summed E-state index contributed by atoms with van der Waals surface area (Å²) in [4.78, 5) is 60.4. The van der Waals surface area contributed by atoms with Gasteiger partial charge in [0.15, 0.2) is 5.75 Å². The van der Waals surface area contributed by atoms with Gasteiger partial charge in [0.1, 0.15) is 29.3 Å². The highest BCUT2D eigenvalue weighted by Crippen LogP contribution is 2.46. The third kappa shape index (κ3) is 9.11. The fraction of sp³-hybridized carbons (Fsp3) is 0.571. The third-order valence-corrected chi connectivity index (χ3v) is 11.2. The van der Waals surface area contributed by atoms with E-state index in [4.69, 9.17) is 21.1 Å². The second kappa shape index (κ2) is 14.5. The number of fused-ring (bicyclic) bond motifs is 1. The predicted octanol–water partition coefficient (Wildman–Crippen LogP) is 4.45. The zero-order valence-electron chi connectivity index (χ0n) is 30.2. The lowest BCUT2D eigenvalue weighted by atomic mass is 9.85. The number of carbonyl (C=O) groups is 4. The summed E-state index contributed by atoms with van der Waals surface area (Å²) in [5.41, 5.74) is -3.42. The van der Waals surface area contributed by atoms with Gasteiger partial charge in [0.2, 0.25) is 27.7 Å². The van der Waals surface area contributed by atoms with Gasteiger partial charge in [0.25, 0.3) is 5.91 Å². The molecule has 53 heavy (non-hydrogen) atoms. The van der Waals surface area contributed by atoms with Crippen molar-refractivity contribution >= 4 is 56.2 Å². The Kier molecular flexibility index (Phi) is 11.0. The molecule has 0 bridgehead atoms. The minimum Gasteiger partial charge on any atom is -0.472 e. The highest BCUT2D eigenvalue weighted by Gasteiger charge is 2.62. The van der Waals surface area contributed by atoms with E-state index in [0.717, 1.165) is 6.20 Å².